The van der Waals surface area contributed by atoms with Crippen LogP contribution in [-0.2, 0) is 14.3 Å². The van der Waals surface area contributed by atoms with E-state index >= 15 is 0 Å². The van der Waals surface area contributed by atoms with Gasteiger partial charge in [0.1, 0.15) is 5.82 Å². The highest BCUT2D eigenvalue weighted by molar-refractivity contribution is 6.52. The minimum Gasteiger partial charge on any atom is -0.462 e. The molecule has 2 rings (SSSR count). The zero-order valence-corrected chi connectivity index (χ0v) is 10.2. The summed E-state index contributed by atoms with van der Waals surface area (Å²) in [5.41, 5.74) is -1.39. The van der Waals surface area contributed by atoms with Crippen molar-refractivity contribution in [2.45, 2.75) is 13.2 Å². The van der Waals surface area contributed by atoms with Gasteiger partial charge in [-0.15, -0.1) is 0 Å². The Balaban J connectivity index is 2.51. The highest BCUT2D eigenvalue weighted by Gasteiger charge is 2.45. The lowest BCUT2D eigenvalue weighted by atomic mass is 10.1. The number of halogens is 3. The van der Waals surface area contributed by atoms with Crippen molar-refractivity contribution in [3.8, 4) is 0 Å². The Hall–Kier alpha value is -2.38. The number of rotatable bonds is 3. The zero-order valence-electron chi connectivity index (χ0n) is 10.2. The summed E-state index contributed by atoms with van der Waals surface area (Å²) >= 11 is 0. The Kier molecular flexibility index (Phi) is 3.47. The topological polar surface area (TPSA) is 63.7 Å². The molecule has 0 saturated carbocycles. The molecule has 106 valence electrons. The van der Waals surface area contributed by atoms with E-state index in [4.69, 9.17) is 0 Å². The van der Waals surface area contributed by atoms with Crippen LogP contribution in [-0.4, -0.2) is 30.6 Å². The lowest BCUT2D eigenvalue weighted by Gasteiger charge is -2.19. The molecule has 0 fully saturated rings. The van der Waals surface area contributed by atoms with Crippen molar-refractivity contribution >= 4 is 23.3 Å². The van der Waals surface area contributed by atoms with Crippen molar-refractivity contribution in [3.63, 3.8) is 0 Å². The fraction of sp³-hybridized carbons (Fsp3) is 0.250. The monoisotopic (exact) mass is 287 g/mol. The normalized spacial score (nSPS) is 15.3. The third kappa shape index (κ3) is 2.02. The van der Waals surface area contributed by atoms with Crippen molar-refractivity contribution in [2.75, 3.05) is 11.5 Å². The Morgan fingerprint density at radius 1 is 1.35 bits per heavy atom. The number of hydrogen-bond acceptors (Lipinski definition) is 4. The van der Waals surface area contributed by atoms with Crippen LogP contribution in [0, 0.1) is 11.6 Å². The number of fused-ring (bicyclic) bond motifs is 1. The number of carbonyl (C=O) groups is 3. The van der Waals surface area contributed by atoms with Gasteiger partial charge < -0.3 is 4.74 Å². The molecule has 5 nitrogen and oxygen atoms in total. The molecule has 1 aliphatic heterocycles. The SMILES string of the molecule is CCOC(=O)C(F)N1C(=O)C(=O)c2cc(F)cc(F)c21. The van der Waals surface area contributed by atoms with Crippen LogP contribution in [0.1, 0.15) is 17.3 Å². The molecule has 1 aliphatic rings. The van der Waals surface area contributed by atoms with Crippen LogP contribution in [0.15, 0.2) is 12.1 Å². The lowest BCUT2D eigenvalue weighted by Crippen LogP contribution is -2.42. The van der Waals surface area contributed by atoms with Gasteiger partial charge in [-0.3, -0.25) is 14.5 Å². The summed E-state index contributed by atoms with van der Waals surface area (Å²) in [5.74, 6) is -6.58. The summed E-state index contributed by atoms with van der Waals surface area (Å²) in [6.45, 7) is 1.25. The van der Waals surface area contributed by atoms with Crippen LogP contribution in [0.2, 0.25) is 0 Å². The Labute approximate surface area is 110 Å². The number of ketones is 1. The van der Waals surface area contributed by atoms with Gasteiger partial charge >= 0.3 is 11.9 Å². The third-order valence-corrected chi connectivity index (χ3v) is 2.63. The number of hydrogen-bond donors (Lipinski definition) is 0. The summed E-state index contributed by atoms with van der Waals surface area (Å²) in [6, 6.07) is 0.992. The predicted octanol–water partition coefficient (Wildman–Crippen LogP) is 1.35. The highest BCUT2D eigenvalue weighted by Crippen LogP contribution is 2.34. The molecule has 0 aliphatic carbocycles. The Bertz CT molecular complexity index is 617. The number of esters is 1. The van der Waals surface area contributed by atoms with Gasteiger partial charge in [0.15, 0.2) is 5.82 Å². The Morgan fingerprint density at radius 2 is 2.00 bits per heavy atom. The first-order chi connectivity index (χ1) is 9.38. The molecule has 0 N–H and O–H groups in total. The molecule has 1 unspecified atom stereocenters. The van der Waals surface area contributed by atoms with Crippen molar-refractivity contribution in [1.29, 1.82) is 0 Å². The first-order valence-electron chi connectivity index (χ1n) is 5.56. The van der Waals surface area contributed by atoms with Crippen LogP contribution in [0.4, 0.5) is 18.9 Å². The minimum absolute atomic E-state index is 0.0322. The van der Waals surface area contributed by atoms with Gasteiger partial charge in [-0.2, -0.15) is 0 Å². The average Bonchev–Trinajstić information content (AvgIpc) is 2.63. The molecule has 8 heteroatoms. The maximum atomic E-state index is 13.9. The number of benzene rings is 1. The van der Waals surface area contributed by atoms with E-state index in [-0.39, 0.29) is 11.5 Å². The van der Waals surface area contributed by atoms with Gasteiger partial charge in [0, 0.05) is 6.07 Å². The highest BCUT2D eigenvalue weighted by atomic mass is 19.1. The second kappa shape index (κ2) is 4.95. The molecular formula is C12H8F3NO4. The van der Waals surface area contributed by atoms with E-state index < -0.39 is 46.8 Å². The fourth-order valence-corrected chi connectivity index (χ4v) is 1.84. The largest absolute Gasteiger partial charge is 0.462 e. The maximum Gasteiger partial charge on any atom is 0.362 e. The number of alkyl halides is 1. The summed E-state index contributed by atoms with van der Waals surface area (Å²) in [7, 11) is 0. The van der Waals surface area contributed by atoms with Gasteiger partial charge in [0.05, 0.1) is 17.9 Å². The molecule has 1 aromatic rings. The van der Waals surface area contributed by atoms with Crippen LogP contribution >= 0.6 is 0 Å². The first-order valence-corrected chi connectivity index (χ1v) is 5.56. The molecule has 0 saturated heterocycles. The summed E-state index contributed by atoms with van der Waals surface area (Å²) < 4.78 is 44.9. The number of anilines is 1. The van der Waals surface area contributed by atoms with Crippen molar-refractivity contribution in [3.05, 3.63) is 29.3 Å². The molecule has 0 aromatic heterocycles. The third-order valence-electron chi connectivity index (χ3n) is 2.63. The molecular weight excluding hydrogens is 279 g/mol. The first kappa shape index (κ1) is 14.0. The molecule has 1 aromatic carbocycles. The van der Waals surface area contributed by atoms with Crippen molar-refractivity contribution < 1.29 is 32.3 Å². The average molecular weight is 287 g/mol. The van der Waals surface area contributed by atoms with E-state index in [1.165, 1.54) is 6.92 Å². The van der Waals surface area contributed by atoms with Crippen LogP contribution < -0.4 is 4.90 Å². The van der Waals surface area contributed by atoms with E-state index in [9.17, 15) is 27.6 Å². The lowest BCUT2D eigenvalue weighted by molar-refractivity contribution is -0.150. The van der Waals surface area contributed by atoms with Gasteiger partial charge in [0.2, 0.25) is 0 Å². The molecule has 1 atom stereocenters. The molecule has 1 heterocycles. The summed E-state index contributed by atoms with van der Waals surface area (Å²) in [4.78, 5) is 34.5. The van der Waals surface area contributed by atoms with E-state index in [0.29, 0.717) is 12.1 Å². The van der Waals surface area contributed by atoms with Crippen LogP contribution in [0.25, 0.3) is 0 Å². The second-order valence-electron chi connectivity index (χ2n) is 3.88. The molecule has 0 radical (unpaired) electrons. The van der Waals surface area contributed by atoms with E-state index in [1.807, 2.05) is 0 Å². The zero-order chi connectivity index (χ0) is 15.0. The maximum absolute atomic E-state index is 13.9. The number of nitrogens with zero attached hydrogens (tertiary/aromatic N) is 1. The van der Waals surface area contributed by atoms with E-state index in [0.717, 1.165) is 0 Å². The quantitative estimate of drug-likeness (QED) is 0.478. The van der Waals surface area contributed by atoms with Crippen LogP contribution in [0.3, 0.4) is 0 Å². The molecule has 0 spiro atoms. The van der Waals surface area contributed by atoms with E-state index in [1.54, 1.807) is 0 Å². The molecule has 1 amide bonds. The minimum atomic E-state index is -2.67. The van der Waals surface area contributed by atoms with Gasteiger partial charge in [-0.25, -0.2) is 18.0 Å². The van der Waals surface area contributed by atoms with Crippen molar-refractivity contribution in [1.82, 2.24) is 0 Å². The fourth-order valence-electron chi connectivity index (χ4n) is 1.84. The summed E-state index contributed by atoms with van der Waals surface area (Å²) in [5, 5.41) is 0. The van der Waals surface area contributed by atoms with Crippen molar-refractivity contribution in [2.24, 2.45) is 0 Å². The van der Waals surface area contributed by atoms with Gasteiger partial charge in [0.25, 0.3) is 12.1 Å². The number of carbonyl (C=O) groups excluding carboxylic acids is 3. The van der Waals surface area contributed by atoms with Crippen LogP contribution in [0.5, 0.6) is 0 Å². The second-order valence-corrected chi connectivity index (χ2v) is 3.88. The number of ether oxygens (including phenoxy) is 1. The van der Waals surface area contributed by atoms with Gasteiger partial charge in [-0.1, -0.05) is 0 Å². The number of Topliss-reactive ketones (excluding diaryl/α,β-unsaturated/α-hetero) is 1. The van der Waals surface area contributed by atoms with Gasteiger partial charge in [-0.05, 0) is 13.0 Å². The Morgan fingerprint density at radius 3 is 2.60 bits per heavy atom. The molecule has 0 bridgehead atoms. The molecule has 20 heavy (non-hydrogen) atoms. The standard InChI is InChI=1S/C12H8F3NO4/c1-2-20-12(19)10(15)16-8-6(9(17)11(16)18)3-5(13)4-7(8)14/h3-4,10H,2H2,1H3. The number of amides is 1. The summed E-state index contributed by atoms with van der Waals surface area (Å²) in [6.07, 6.45) is -2.67. The smallest absolute Gasteiger partial charge is 0.362 e. The van der Waals surface area contributed by atoms with E-state index in [2.05, 4.69) is 4.74 Å². The predicted molar refractivity (Wildman–Crippen MR) is 59.7 cm³/mol.